The van der Waals surface area contributed by atoms with E-state index in [1.54, 1.807) is 36.4 Å². The maximum absolute atomic E-state index is 11.9. The van der Waals surface area contributed by atoms with Gasteiger partial charge in [0.05, 0.1) is 30.0 Å². The van der Waals surface area contributed by atoms with Gasteiger partial charge in [-0.1, -0.05) is 29.3 Å². The minimum atomic E-state index is -0.933. The third-order valence-corrected chi connectivity index (χ3v) is 3.78. The van der Waals surface area contributed by atoms with Crippen LogP contribution in [0.4, 0.5) is 5.69 Å². The van der Waals surface area contributed by atoms with Crippen molar-refractivity contribution < 1.29 is 19.1 Å². The molecule has 27 heavy (non-hydrogen) atoms. The van der Waals surface area contributed by atoms with Crippen molar-refractivity contribution >= 4 is 46.9 Å². The van der Waals surface area contributed by atoms with Crippen molar-refractivity contribution in [2.24, 2.45) is 5.10 Å². The molecule has 0 aliphatic carbocycles. The highest BCUT2D eigenvalue weighted by molar-refractivity contribution is 6.39. The van der Waals surface area contributed by atoms with Gasteiger partial charge in [0, 0.05) is 11.8 Å². The molecule has 0 unspecified atom stereocenters. The van der Waals surface area contributed by atoms with Crippen LogP contribution in [-0.2, 0) is 9.59 Å². The second-order valence-corrected chi connectivity index (χ2v) is 5.95. The van der Waals surface area contributed by atoms with Gasteiger partial charge in [0.25, 0.3) is 0 Å². The zero-order valence-corrected chi connectivity index (χ0v) is 16.1. The van der Waals surface area contributed by atoms with Crippen molar-refractivity contribution in [3.63, 3.8) is 0 Å². The number of rotatable bonds is 6. The van der Waals surface area contributed by atoms with E-state index in [2.05, 4.69) is 15.8 Å². The Labute approximate surface area is 166 Å². The van der Waals surface area contributed by atoms with Gasteiger partial charge in [-0.25, -0.2) is 5.43 Å². The van der Waals surface area contributed by atoms with E-state index in [4.69, 9.17) is 32.7 Å². The van der Waals surface area contributed by atoms with Gasteiger partial charge in [0.15, 0.2) is 5.75 Å². The molecule has 0 bridgehead atoms. The molecule has 0 aliphatic heterocycles. The molecule has 2 aromatic carbocycles. The molecule has 0 aromatic heterocycles. The number of carbonyl (C=O) groups excluding carboxylic acids is 2. The average Bonchev–Trinajstić information content (AvgIpc) is 2.64. The molecule has 7 nitrogen and oxygen atoms in total. The summed E-state index contributed by atoms with van der Waals surface area (Å²) < 4.78 is 10.4. The van der Waals surface area contributed by atoms with E-state index in [0.29, 0.717) is 39.4 Å². The first-order valence-corrected chi connectivity index (χ1v) is 8.60. The largest absolute Gasteiger partial charge is 0.497 e. The first-order valence-electron chi connectivity index (χ1n) is 7.85. The quantitative estimate of drug-likeness (QED) is 0.434. The predicted molar refractivity (Wildman–Crippen MR) is 105 cm³/mol. The summed E-state index contributed by atoms with van der Waals surface area (Å²) in [6.45, 7) is 2.24. The predicted octanol–water partition coefficient (Wildman–Crippen LogP) is 3.49. The van der Waals surface area contributed by atoms with E-state index in [0.717, 1.165) is 0 Å². The van der Waals surface area contributed by atoms with Crippen molar-refractivity contribution in [3.8, 4) is 11.5 Å². The molecule has 0 radical (unpaired) electrons. The van der Waals surface area contributed by atoms with Gasteiger partial charge in [-0.3, -0.25) is 9.59 Å². The topological polar surface area (TPSA) is 89.0 Å². The monoisotopic (exact) mass is 409 g/mol. The van der Waals surface area contributed by atoms with E-state index in [1.807, 2.05) is 6.92 Å². The van der Waals surface area contributed by atoms with Gasteiger partial charge in [-0.2, -0.15) is 5.10 Å². The number of nitrogens with one attached hydrogen (secondary N) is 2. The van der Waals surface area contributed by atoms with Gasteiger partial charge in [0.2, 0.25) is 0 Å². The molecule has 142 valence electrons. The van der Waals surface area contributed by atoms with Crippen molar-refractivity contribution in [1.29, 1.82) is 0 Å². The van der Waals surface area contributed by atoms with Crippen LogP contribution in [0.3, 0.4) is 0 Å². The molecular weight excluding hydrogens is 393 g/mol. The van der Waals surface area contributed by atoms with Crippen molar-refractivity contribution in [3.05, 3.63) is 52.0 Å². The number of halogens is 2. The number of methoxy groups -OCH3 is 1. The zero-order valence-electron chi connectivity index (χ0n) is 14.6. The summed E-state index contributed by atoms with van der Waals surface area (Å²) >= 11 is 12.2. The van der Waals surface area contributed by atoms with Gasteiger partial charge >= 0.3 is 11.8 Å². The molecule has 0 heterocycles. The lowest BCUT2D eigenvalue weighted by atomic mass is 10.2. The van der Waals surface area contributed by atoms with Gasteiger partial charge in [0.1, 0.15) is 5.75 Å². The molecule has 0 saturated heterocycles. The number of hydrogen-bond donors (Lipinski definition) is 2. The Morgan fingerprint density at radius 1 is 1.15 bits per heavy atom. The molecular formula is C18H17Cl2N3O4. The Hall–Kier alpha value is -2.77. The number of hydrazone groups is 1. The minimum Gasteiger partial charge on any atom is -0.497 e. The lowest BCUT2D eigenvalue weighted by Gasteiger charge is -2.08. The Kier molecular flexibility index (Phi) is 7.45. The molecule has 2 amide bonds. The molecule has 0 spiro atoms. The van der Waals surface area contributed by atoms with Crippen LogP contribution in [0.15, 0.2) is 41.5 Å². The highest BCUT2D eigenvalue weighted by Crippen LogP contribution is 2.33. The second kappa shape index (κ2) is 9.80. The molecule has 2 N–H and O–H groups in total. The Morgan fingerprint density at radius 2 is 1.85 bits per heavy atom. The van der Waals surface area contributed by atoms with Crippen LogP contribution in [0.1, 0.15) is 12.5 Å². The number of hydrogen-bond acceptors (Lipinski definition) is 5. The number of ether oxygens (including phenoxy) is 2. The number of nitrogens with zero attached hydrogens (tertiary/aromatic N) is 1. The van der Waals surface area contributed by atoms with Gasteiger partial charge < -0.3 is 14.8 Å². The Bertz CT molecular complexity index is 848. The van der Waals surface area contributed by atoms with E-state index in [1.165, 1.54) is 13.3 Å². The molecule has 2 rings (SSSR count). The van der Waals surface area contributed by atoms with Crippen LogP contribution in [0.5, 0.6) is 11.5 Å². The summed E-state index contributed by atoms with van der Waals surface area (Å²) in [4.78, 5) is 23.7. The van der Waals surface area contributed by atoms with E-state index in [-0.39, 0.29) is 0 Å². The van der Waals surface area contributed by atoms with Gasteiger partial charge in [-0.05, 0) is 36.8 Å². The highest BCUT2D eigenvalue weighted by Gasteiger charge is 2.13. The molecule has 0 aliphatic rings. The average molecular weight is 410 g/mol. The summed E-state index contributed by atoms with van der Waals surface area (Å²) in [5, 5.41) is 6.79. The van der Waals surface area contributed by atoms with Crippen LogP contribution in [0.25, 0.3) is 0 Å². The molecule has 0 saturated carbocycles. The van der Waals surface area contributed by atoms with Crippen molar-refractivity contribution in [1.82, 2.24) is 5.43 Å². The third kappa shape index (κ3) is 5.87. The van der Waals surface area contributed by atoms with Crippen molar-refractivity contribution in [2.75, 3.05) is 19.0 Å². The fourth-order valence-corrected chi connectivity index (χ4v) is 2.65. The van der Waals surface area contributed by atoms with Crippen LogP contribution in [0.2, 0.25) is 10.0 Å². The van der Waals surface area contributed by atoms with Crippen LogP contribution >= 0.6 is 23.2 Å². The first kappa shape index (κ1) is 20.5. The standard InChI is InChI=1S/C18H17Cl2N3O4/c1-3-27-16-14(19)7-11(8-15(16)20)10-21-23-18(25)17(24)22-12-5-4-6-13(9-12)26-2/h4-10H,3H2,1-2H3,(H,22,24)(H,23,25)/b21-10-. The maximum Gasteiger partial charge on any atom is 0.329 e. The van der Waals surface area contributed by atoms with Crippen LogP contribution in [0, 0.1) is 0 Å². The highest BCUT2D eigenvalue weighted by atomic mass is 35.5. The number of anilines is 1. The summed E-state index contributed by atoms with van der Waals surface area (Å²) in [5.41, 5.74) is 3.08. The fourth-order valence-electron chi connectivity index (χ4n) is 2.04. The van der Waals surface area contributed by atoms with E-state index in [9.17, 15) is 9.59 Å². The summed E-state index contributed by atoms with van der Waals surface area (Å²) in [5.74, 6) is -0.879. The lowest BCUT2D eigenvalue weighted by molar-refractivity contribution is -0.136. The lowest BCUT2D eigenvalue weighted by Crippen LogP contribution is -2.32. The summed E-state index contributed by atoms with van der Waals surface area (Å²) in [7, 11) is 1.50. The maximum atomic E-state index is 11.9. The zero-order chi connectivity index (χ0) is 19.8. The van der Waals surface area contributed by atoms with E-state index >= 15 is 0 Å². The van der Waals surface area contributed by atoms with Crippen molar-refractivity contribution in [2.45, 2.75) is 6.92 Å². The van der Waals surface area contributed by atoms with Gasteiger partial charge in [-0.15, -0.1) is 0 Å². The van der Waals surface area contributed by atoms with Crippen LogP contribution in [-0.4, -0.2) is 31.7 Å². The number of carbonyl (C=O) groups is 2. The fraction of sp³-hybridized carbons (Fsp3) is 0.167. The second-order valence-electron chi connectivity index (χ2n) is 5.13. The Morgan fingerprint density at radius 3 is 2.48 bits per heavy atom. The Balaban J connectivity index is 1.97. The normalized spacial score (nSPS) is 10.5. The van der Waals surface area contributed by atoms with Crippen LogP contribution < -0.4 is 20.2 Å². The summed E-state index contributed by atoms with van der Waals surface area (Å²) in [6.07, 6.45) is 1.31. The molecule has 2 aromatic rings. The molecule has 9 heteroatoms. The smallest absolute Gasteiger partial charge is 0.329 e. The number of benzene rings is 2. The first-order chi connectivity index (χ1) is 12.9. The number of amides is 2. The van der Waals surface area contributed by atoms with E-state index < -0.39 is 11.8 Å². The SMILES string of the molecule is CCOc1c(Cl)cc(/C=N\NC(=O)C(=O)Nc2cccc(OC)c2)cc1Cl. The third-order valence-electron chi connectivity index (χ3n) is 3.22. The molecule has 0 fully saturated rings. The summed E-state index contributed by atoms with van der Waals surface area (Å²) in [6, 6.07) is 9.76. The molecule has 0 atom stereocenters. The minimum absolute atomic E-state index is 0.313.